The minimum Gasteiger partial charge on any atom is -0.312 e. The lowest BCUT2D eigenvalue weighted by Gasteiger charge is -2.38. The highest BCUT2D eigenvalue weighted by atomic mass is 35.5. The fourth-order valence-electron chi connectivity index (χ4n) is 3.05. The first-order valence-corrected chi connectivity index (χ1v) is 6.99. The average molecular weight is 258 g/mol. The van der Waals surface area contributed by atoms with Crippen LogP contribution in [0.2, 0.25) is 0 Å². The second-order valence-corrected chi connectivity index (χ2v) is 5.87. The number of alkyl halides is 1. The summed E-state index contributed by atoms with van der Waals surface area (Å²) in [5.41, 5.74) is 2.56. The van der Waals surface area contributed by atoms with Crippen LogP contribution >= 0.6 is 11.6 Å². The van der Waals surface area contributed by atoms with Gasteiger partial charge in [-0.1, -0.05) is 19.4 Å². The number of rotatable bonds is 3. The van der Waals surface area contributed by atoms with E-state index in [1.807, 2.05) is 4.90 Å². The molecular weight excluding hydrogens is 234 g/mol. The molecule has 1 aliphatic rings. The molecule has 0 aromatic carbocycles. The Hall–Kier alpha value is -0.500. The van der Waals surface area contributed by atoms with Gasteiger partial charge in [0, 0.05) is 11.7 Å². The Balaban J connectivity index is 3.08. The Bertz CT molecular complexity index is 322. The van der Waals surface area contributed by atoms with E-state index in [0.29, 0.717) is 11.8 Å². The lowest BCUT2D eigenvalue weighted by atomic mass is 9.81. The van der Waals surface area contributed by atoms with Crippen molar-refractivity contribution in [2.75, 3.05) is 5.88 Å². The number of amides is 1. The van der Waals surface area contributed by atoms with Crippen molar-refractivity contribution in [1.29, 1.82) is 0 Å². The number of hydrogen-bond donors (Lipinski definition) is 0. The summed E-state index contributed by atoms with van der Waals surface area (Å²) in [6.07, 6.45) is 2.25. The summed E-state index contributed by atoms with van der Waals surface area (Å²) >= 11 is 5.72. The van der Waals surface area contributed by atoms with E-state index >= 15 is 0 Å². The molecule has 2 unspecified atom stereocenters. The van der Waals surface area contributed by atoms with E-state index in [-0.39, 0.29) is 17.8 Å². The molecule has 0 aliphatic heterocycles. The topological polar surface area (TPSA) is 20.3 Å². The summed E-state index contributed by atoms with van der Waals surface area (Å²) < 4.78 is 0. The van der Waals surface area contributed by atoms with Crippen LogP contribution in [0.5, 0.6) is 0 Å². The number of carbonyl (C=O) groups excluding carboxylic acids is 1. The summed E-state index contributed by atoms with van der Waals surface area (Å²) in [7, 11) is 0. The molecule has 0 spiro atoms. The second kappa shape index (κ2) is 5.90. The summed E-state index contributed by atoms with van der Waals surface area (Å²) in [6, 6.07) is 0.182. The monoisotopic (exact) mass is 257 g/mol. The van der Waals surface area contributed by atoms with Gasteiger partial charge in [-0.05, 0) is 45.4 Å². The number of nitrogens with zero attached hydrogens (tertiary/aromatic N) is 1. The second-order valence-electron chi connectivity index (χ2n) is 5.60. The predicted molar refractivity (Wildman–Crippen MR) is 73.0 cm³/mol. The maximum absolute atomic E-state index is 12.0. The molecular formula is C14H24ClNO. The van der Waals surface area contributed by atoms with Gasteiger partial charge in [0.15, 0.2) is 0 Å². The van der Waals surface area contributed by atoms with Crippen LogP contribution < -0.4 is 0 Å². The predicted octanol–water partition coefficient (Wildman–Crippen LogP) is 3.80. The lowest BCUT2D eigenvalue weighted by molar-refractivity contribution is -0.128. The highest BCUT2D eigenvalue weighted by molar-refractivity contribution is 6.27. The summed E-state index contributed by atoms with van der Waals surface area (Å²) in [5.74, 6) is 1.26. The molecule has 3 heteroatoms. The molecule has 0 bridgehead atoms. The van der Waals surface area contributed by atoms with E-state index < -0.39 is 0 Å². The van der Waals surface area contributed by atoms with E-state index in [1.165, 1.54) is 11.3 Å². The van der Waals surface area contributed by atoms with Crippen molar-refractivity contribution < 1.29 is 4.79 Å². The fraction of sp³-hybridized carbons (Fsp3) is 0.786. The van der Waals surface area contributed by atoms with E-state index in [0.717, 1.165) is 12.8 Å². The van der Waals surface area contributed by atoms with E-state index in [9.17, 15) is 4.79 Å². The van der Waals surface area contributed by atoms with Crippen molar-refractivity contribution in [3.05, 3.63) is 11.3 Å². The standard InChI is InChI=1S/C14H24ClNO/c1-9(2)16(13(17)8-15)14-11(4)6-10(3)7-12(14)5/h9-11H,6-8H2,1-5H3. The van der Waals surface area contributed by atoms with Crippen LogP contribution in [0.3, 0.4) is 0 Å². The van der Waals surface area contributed by atoms with E-state index in [2.05, 4.69) is 34.6 Å². The Kier molecular flexibility index (Phi) is 5.05. The minimum absolute atomic E-state index is 0.0254. The van der Waals surface area contributed by atoms with Gasteiger partial charge < -0.3 is 4.90 Å². The third kappa shape index (κ3) is 3.25. The van der Waals surface area contributed by atoms with Crippen molar-refractivity contribution in [1.82, 2.24) is 4.90 Å². The van der Waals surface area contributed by atoms with Crippen LogP contribution in [0.4, 0.5) is 0 Å². The third-order valence-corrected chi connectivity index (χ3v) is 3.70. The Morgan fingerprint density at radius 2 is 2.06 bits per heavy atom. The molecule has 1 aliphatic carbocycles. The largest absolute Gasteiger partial charge is 0.312 e. The molecule has 0 aromatic heterocycles. The summed E-state index contributed by atoms with van der Waals surface area (Å²) in [6.45, 7) is 10.7. The van der Waals surface area contributed by atoms with Gasteiger partial charge >= 0.3 is 0 Å². The number of carbonyl (C=O) groups is 1. The molecule has 17 heavy (non-hydrogen) atoms. The van der Waals surface area contributed by atoms with E-state index in [1.54, 1.807) is 0 Å². The normalized spacial score (nSPS) is 25.4. The zero-order valence-electron chi connectivity index (χ0n) is 11.6. The first kappa shape index (κ1) is 14.6. The highest BCUT2D eigenvalue weighted by Gasteiger charge is 2.30. The highest BCUT2D eigenvalue weighted by Crippen LogP contribution is 2.36. The maximum atomic E-state index is 12.0. The first-order valence-electron chi connectivity index (χ1n) is 6.46. The van der Waals surface area contributed by atoms with Gasteiger partial charge in [0.25, 0.3) is 0 Å². The molecule has 0 saturated carbocycles. The molecule has 0 fully saturated rings. The summed E-state index contributed by atoms with van der Waals surface area (Å²) in [5, 5.41) is 0. The van der Waals surface area contributed by atoms with Crippen LogP contribution in [-0.4, -0.2) is 22.7 Å². The van der Waals surface area contributed by atoms with Crippen LogP contribution in [-0.2, 0) is 4.79 Å². The van der Waals surface area contributed by atoms with Crippen molar-refractivity contribution >= 4 is 17.5 Å². The van der Waals surface area contributed by atoms with Crippen LogP contribution in [0.1, 0.15) is 47.5 Å². The summed E-state index contributed by atoms with van der Waals surface area (Å²) in [4.78, 5) is 13.9. The van der Waals surface area contributed by atoms with Crippen molar-refractivity contribution in [2.45, 2.75) is 53.5 Å². The van der Waals surface area contributed by atoms with E-state index in [4.69, 9.17) is 11.6 Å². The van der Waals surface area contributed by atoms with Crippen molar-refractivity contribution in [2.24, 2.45) is 11.8 Å². The van der Waals surface area contributed by atoms with Gasteiger partial charge in [-0.2, -0.15) is 0 Å². The van der Waals surface area contributed by atoms with Crippen LogP contribution in [0, 0.1) is 11.8 Å². The lowest BCUT2D eigenvalue weighted by Crippen LogP contribution is -2.41. The van der Waals surface area contributed by atoms with Gasteiger partial charge in [-0.3, -0.25) is 4.79 Å². The minimum atomic E-state index is 0.0254. The maximum Gasteiger partial charge on any atom is 0.241 e. The quantitative estimate of drug-likeness (QED) is 0.705. The molecule has 0 heterocycles. The number of allylic oxidation sites excluding steroid dienone is 2. The SMILES string of the molecule is CC1=C(N(C(=O)CCl)C(C)C)C(C)CC(C)C1. The molecule has 0 radical (unpaired) electrons. The Morgan fingerprint density at radius 1 is 1.47 bits per heavy atom. The molecule has 1 rings (SSSR count). The molecule has 2 nitrogen and oxygen atoms in total. The van der Waals surface area contributed by atoms with Gasteiger partial charge in [0.2, 0.25) is 5.91 Å². The first-order chi connectivity index (χ1) is 7.88. The molecule has 0 saturated heterocycles. The van der Waals surface area contributed by atoms with Gasteiger partial charge in [0.1, 0.15) is 5.88 Å². The van der Waals surface area contributed by atoms with Crippen LogP contribution in [0.25, 0.3) is 0 Å². The number of halogens is 1. The van der Waals surface area contributed by atoms with Gasteiger partial charge in [0.05, 0.1) is 0 Å². The molecule has 0 N–H and O–H groups in total. The molecule has 98 valence electrons. The smallest absolute Gasteiger partial charge is 0.241 e. The van der Waals surface area contributed by atoms with Gasteiger partial charge in [-0.25, -0.2) is 0 Å². The van der Waals surface area contributed by atoms with Crippen molar-refractivity contribution in [3.8, 4) is 0 Å². The van der Waals surface area contributed by atoms with Gasteiger partial charge in [-0.15, -0.1) is 11.6 Å². The zero-order valence-corrected chi connectivity index (χ0v) is 12.3. The third-order valence-electron chi connectivity index (χ3n) is 3.47. The molecule has 0 aromatic rings. The average Bonchev–Trinajstić information content (AvgIpc) is 2.21. The fourth-order valence-corrected chi connectivity index (χ4v) is 3.18. The Morgan fingerprint density at radius 3 is 2.47 bits per heavy atom. The molecule has 1 amide bonds. The molecule has 2 atom stereocenters. The zero-order chi connectivity index (χ0) is 13.2. The Labute approximate surface area is 110 Å². The van der Waals surface area contributed by atoms with Crippen molar-refractivity contribution in [3.63, 3.8) is 0 Å². The van der Waals surface area contributed by atoms with Crippen LogP contribution in [0.15, 0.2) is 11.3 Å². The number of hydrogen-bond acceptors (Lipinski definition) is 1.